The Morgan fingerprint density at radius 1 is 0.864 bits per heavy atom. The Kier molecular flexibility index (Phi) is 3.77. The molecule has 1 amide bonds. The standard InChI is InChI=1S/C16H14F2N2O2/c17-13-5-1-11(2-6-13)9-16(19-15(21)22-20-16)10-12-3-7-14(18)8-4-12/h1-8,20H,9-10H2,(H,19,21). The van der Waals surface area contributed by atoms with Gasteiger partial charge >= 0.3 is 6.09 Å². The molecule has 2 aromatic carbocycles. The molecule has 1 saturated heterocycles. The zero-order valence-corrected chi connectivity index (χ0v) is 11.6. The SMILES string of the molecule is O=C1NC(Cc2ccc(F)cc2)(Cc2ccc(F)cc2)NO1. The molecule has 0 radical (unpaired) electrons. The van der Waals surface area contributed by atoms with Gasteiger partial charge in [0.25, 0.3) is 0 Å². The van der Waals surface area contributed by atoms with Crippen LogP contribution in [0.3, 0.4) is 0 Å². The van der Waals surface area contributed by atoms with Crippen molar-refractivity contribution in [2.45, 2.75) is 18.5 Å². The second-order valence-corrected chi connectivity index (χ2v) is 5.31. The van der Waals surface area contributed by atoms with Crippen molar-refractivity contribution in [3.8, 4) is 0 Å². The van der Waals surface area contributed by atoms with Crippen LogP contribution in [0.15, 0.2) is 48.5 Å². The summed E-state index contributed by atoms with van der Waals surface area (Å²) in [7, 11) is 0. The number of benzene rings is 2. The van der Waals surface area contributed by atoms with Crippen LogP contribution in [0.25, 0.3) is 0 Å². The number of hydrogen-bond donors (Lipinski definition) is 2. The molecule has 2 N–H and O–H groups in total. The second kappa shape index (κ2) is 5.73. The molecule has 1 heterocycles. The average Bonchev–Trinajstić information content (AvgIpc) is 2.85. The third-order valence-electron chi connectivity index (χ3n) is 3.52. The number of nitrogens with one attached hydrogen (secondary N) is 2. The largest absolute Gasteiger partial charge is 0.427 e. The molecule has 0 aromatic heterocycles. The van der Waals surface area contributed by atoms with Crippen LogP contribution in [0.2, 0.25) is 0 Å². The van der Waals surface area contributed by atoms with Gasteiger partial charge in [-0.05, 0) is 35.4 Å². The summed E-state index contributed by atoms with van der Waals surface area (Å²) in [6.45, 7) is 0. The fraction of sp³-hybridized carbons (Fsp3) is 0.188. The molecule has 114 valence electrons. The van der Waals surface area contributed by atoms with E-state index < -0.39 is 11.8 Å². The highest BCUT2D eigenvalue weighted by molar-refractivity contribution is 5.70. The summed E-state index contributed by atoms with van der Waals surface area (Å²) in [6, 6.07) is 12.0. The fourth-order valence-electron chi connectivity index (χ4n) is 2.51. The van der Waals surface area contributed by atoms with Crippen LogP contribution >= 0.6 is 0 Å². The van der Waals surface area contributed by atoms with Crippen LogP contribution in [0.5, 0.6) is 0 Å². The summed E-state index contributed by atoms with van der Waals surface area (Å²) in [4.78, 5) is 16.2. The van der Waals surface area contributed by atoms with Crippen LogP contribution < -0.4 is 10.8 Å². The Bertz CT molecular complexity index is 624. The first-order valence-corrected chi connectivity index (χ1v) is 6.80. The van der Waals surface area contributed by atoms with E-state index in [1.165, 1.54) is 24.3 Å². The number of hydroxylamine groups is 1. The number of carbonyl (C=O) groups is 1. The molecule has 0 bridgehead atoms. The van der Waals surface area contributed by atoms with Crippen LogP contribution in [0, 0.1) is 11.6 Å². The molecule has 1 fully saturated rings. The van der Waals surface area contributed by atoms with E-state index >= 15 is 0 Å². The van der Waals surface area contributed by atoms with Crippen LogP contribution in [-0.2, 0) is 17.7 Å². The number of carbonyl (C=O) groups excluding carboxylic acids is 1. The Balaban J connectivity index is 1.83. The summed E-state index contributed by atoms with van der Waals surface area (Å²) in [5.41, 5.74) is 3.51. The summed E-state index contributed by atoms with van der Waals surface area (Å²) < 4.78 is 26.0. The lowest BCUT2D eigenvalue weighted by Crippen LogP contribution is -2.53. The first kappa shape index (κ1) is 14.5. The van der Waals surface area contributed by atoms with Gasteiger partial charge < -0.3 is 4.84 Å². The van der Waals surface area contributed by atoms with Crippen molar-refractivity contribution in [1.82, 2.24) is 10.8 Å². The van der Waals surface area contributed by atoms with Gasteiger partial charge in [0.05, 0.1) is 0 Å². The molecular weight excluding hydrogens is 290 g/mol. The number of amides is 1. The van der Waals surface area contributed by atoms with Crippen molar-refractivity contribution in [3.63, 3.8) is 0 Å². The zero-order valence-electron chi connectivity index (χ0n) is 11.6. The van der Waals surface area contributed by atoms with Crippen molar-refractivity contribution < 1.29 is 18.4 Å². The van der Waals surface area contributed by atoms with Gasteiger partial charge in [-0.25, -0.2) is 13.6 Å². The van der Waals surface area contributed by atoms with Gasteiger partial charge in [0.15, 0.2) is 0 Å². The molecule has 0 spiro atoms. The Morgan fingerprint density at radius 2 is 1.32 bits per heavy atom. The van der Waals surface area contributed by atoms with Gasteiger partial charge in [0, 0.05) is 12.8 Å². The van der Waals surface area contributed by atoms with Gasteiger partial charge in [-0.3, -0.25) is 5.32 Å². The van der Waals surface area contributed by atoms with Crippen molar-refractivity contribution in [2.75, 3.05) is 0 Å². The third kappa shape index (κ3) is 3.23. The maximum atomic E-state index is 13.0. The Morgan fingerprint density at radius 3 is 1.68 bits per heavy atom. The molecule has 6 heteroatoms. The molecular formula is C16H14F2N2O2. The average molecular weight is 304 g/mol. The normalized spacial score (nSPS) is 16.2. The molecule has 22 heavy (non-hydrogen) atoms. The number of hydrogen-bond acceptors (Lipinski definition) is 3. The molecule has 3 rings (SSSR count). The predicted octanol–water partition coefficient (Wildman–Crippen LogP) is 2.69. The monoisotopic (exact) mass is 304 g/mol. The van der Waals surface area contributed by atoms with Gasteiger partial charge in [-0.15, -0.1) is 5.48 Å². The highest BCUT2D eigenvalue weighted by Gasteiger charge is 2.39. The van der Waals surface area contributed by atoms with Gasteiger partial charge in [0.2, 0.25) is 0 Å². The maximum Gasteiger partial charge on any atom is 0.427 e. The second-order valence-electron chi connectivity index (χ2n) is 5.31. The van der Waals surface area contributed by atoms with E-state index in [9.17, 15) is 13.6 Å². The molecule has 2 aromatic rings. The topological polar surface area (TPSA) is 50.4 Å². The molecule has 4 nitrogen and oxygen atoms in total. The predicted molar refractivity (Wildman–Crippen MR) is 75.7 cm³/mol. The van der Waals surface area contributed by atoms with E-state index in [2.05, 4.69) is 10.8 Å². The summed E-state index contributed by atoms with van der Waals surface area (Å²) in [5, 5.41) is 2.73. The first-order chi connectivity index (χ1) is 10.5. The summed E-state index contributed by atoms with van der Waals surface area (Å²) >= 11 is 0. The highest BCUT2D eigenvalue weighted by atomic mass is 19.1. The molecule has 0 unspecified atom stereocenters. The first-order valence-electron chi connectivity index (χ1n) is 6.80. The molecule has 0 saturated carbocycles. The molecule has 1 aliphatic rings. The van der Waals surface area contributed by atoms with E-state index in [0.717, 1.165) is 11.1 Å². The van der Waals surface area contributed by atoms with Crippen molar-refractivity contribution >= 4 is 6.09 Å². The lowest BCUT2D eigenvalue weighted by atomic mass is 9.93. The van der Waals surface area contributed by atoms with E-state index in [1.807, 2.05) is 0 Å². The van der Waals surface area contributed by atoms with Crippen molar-refractivity contribution in [3.05, 3.63) is 71.3 Å². The summed E-state index contributed by atoms with van der Waals surface area (Å²) in [6.07, 6.45) is 0.219. The van der Waals surface area contributed by atoms with Crippen molar-refractivity contribution in [1.29, 1.82) is 0 Å². The third-order valence-corrected chi connectivity index (χ3v) is 3.52. The highest BCUT2D eigenvalue weighted by Crippen LogP contribution is 2.21. The smallest absolute Gasteiger partial charge is 0.351 e. The minimum Gasteiger partial charge on any atom is -0.351 e. The van der Waals surface area contributed by atoms with Gasteiger partial charge in [0.1, 0.15) is 17.3 Å². The van der Waals surface area contributed by atoms with E-state index in [0.29, 0.717) is 12.8 Å². The van der Waals surface area contributed by atoms with Gasteiger partial charge in [-0.2, -0.15) is 0 Å². The van der Waals surface area contributed by atoms with Crippen LogP contribution in [-0.4, -0.2) is 11.8 Å². The maximum absolute atomic E-state index is 13.0. The lowest BCUT2D eigenvalue weighted by molar-refractivity contribution is 0.0922. The summed E-state index contributed by atoms with van der Waals surface area (Å²) in [5.74, 6) is -0.646. The number of halogens is 2. The zero-order chi connectivity index (χ0) is 15.6. The minimum absolute atomic E-state index is 0.323. The fourth-order valence-corrected chi connectivity index (χ4v) is 2.51. The van der Waals surface area contributed by atoms with Gasteiger partial charge in [-0.1, -0.05) is 24.3 Å². The quantitative estimate of drug-likeness (QED) is 0.913. The Labute approximate surface area is 126 Å². The van der Waals surface area contributed by atoms with E-state index in [1.54, 1.807) is 24.3 Å². The van der Waals surface area contributed by atoms with E-state index in [-0.39, 0.29) is 11.6 Å². The molecule has 0 aliphatic carbocycles. The molecule has 0 atom stereocenters. The molecule has 1 aliphatic heterocycles. The Hall–Kier alpha value is -2.47. The number of rotatable bonds is 4. The lowest BCUT2D eigenvalue weighted by Gasteiger charge is -2.27. The van der Waals surface area contributed by atoms with Crippen LogP contribution in [0.4, 0.5) is 13.6 Å². The minimum atomic E-state index is -0.854. The van der Waals surface area contributed by atoms with Crippen LogP contribution in [0.1, 0.15) is 11.1 Å². The van der Waals surface area contributed by atoms with E-state index in [4.69, 9.17) is 4.84 Å². The van der Waals surface area contributed by atoms with Crippen molar-refractivity contribution in [2.24, 2.45) is 0 Å².